The molecule has 10 atom stereocenters. The molecule has 2 saturated heterocycles. The van der Waals surface area contributed by atoms with Crippen molar-refractivity contribution in [3.8, 4) is 0 Å². The molecule has 4 aliphatic rings. The third kappa shape index (κ3) is 4.04. The minimum atomic E-state index is -1.65. The van der Waals surface area contributed by atoms with E-state index in [1.54, 1.807) is 18.4 Å². The van der Waals surface area contributed by atoms with E-state index in [-0.39, 0.29) is 5.92 Å². The van der Waals surface area contributed by atoms with Crippen LogP contribution in [-0.2, 0) is 28.5 Å². The first-order valence-corrected chi connectivity index (χ1v) is 12.8. The largest absolute Gasteiger partial charge is 0.472 e. The van der Waals surface area contributed by atoms with Crippen LogP contribution in [0.4, 0.5) is 0 Å². The lowest BCUT2D eigenvalue weighted by Gasteiger charge is -2.58. The summed E-state index contributed by atoms with van der Waals surface area (Å²) in [5, 5.41) is 40.8. The van der Waals surface area contributed by atoms with Crippen LogP contribution >= 0.6 is 0 Å². The lowest BCUT2D eigenvalue weighted by Crippen LogP contribution is -2.62. The van der Waals surface area contributed by atoms with Gasteiger partial charge in [-0.2, -0.15) is 0 Å². The molecule has 1 aromatic rings. The van der Waals surface area contributed by atoms with Gasteiger partial charge in [-0.05, 0) is 37.3 Å². The van der Waals surface area contributed by atoms with Crippen molar-refractivity contribution in [1.29, 1.82) is 0 Å². The highest BCUT2D eigenvalue weighted by Gasteiger charge is 2.63. The molecule has 2 aliphatic carbocycles. The molecule has 2 aliphatic heterocycles. The molecule has 208 valence electrons. The van der Waals surface area contributed by atoms with Crippen molar-refractivity contribution >= 4 is 11.9 Å². The van der Waals surface area contributed by atoms with Gasteiger partial charge in [-0.25, -0.2) is 9.59 Å². The van der Waals surface area contributed by atoms with Crippen LogP contribution in [0.15, 0.2) is 46.3 Å². The van der Waals surface area contributed by atoms with E-state index < -0.39 is 72.3 Å². The summed E-state index contributed by atoms with van der Waals surface area (Å²) in [7, 11) is 1.29. The van der Waals surface area contributed by atoms with E-state index in [0.717, 1.165) is 5.56 Å². The molecule has 1 aromatic heterocycles. The first kappa shape index (κ1) is 27.0. The number of methoxy groups -OCH3 is 1. The highest BCUT2D eigenvalue weighted by Crippen LogP contribution is 2.63. The lowest BCUT2D eigenvalue weighted by atomic mass is 9.48. The predicted molar refractivity (Wildman–Crippen MR) is 128 cm³/mol. The van der Waals surface area contributed by atoms with Gasteiger partial charge < -0.3 is 43.8 Å². The van der Waals surface area contributed by atoms with E-state index in [1.807, 2.05) is 19.9 Å². The van der Waals surface area contributed by atoms with Crippen molar-refractivity contribution in [1.82, 2.24) is 0 Å². The maximum absolute atomic E-state index is 13.4. The second-order valence-corrected chi connectivity index (χ2v) is 10.9. The molecule has 2 fully saturated rings. The van der Waals surface area contributed by atoms with Crippen LogP contribution in [0.3, 0.4) is 0 Å². The van der Waals surface area contributed by atoms with Crippen molar-refractivity contribution in [3.05, 3.63) is 47.5 Å². The van der Waals surface area contributed by atoms with Crippen LogP contribution in [0.25, 0.3) is 0 Å². The Bertz CT molecular complexity index is 1120. The number of aliphatic hydroxyl groups excluding tert-OH is 4. The second-order valence-electron chi connectivity index (χ2n) is 10.9. The fraction of sp³-hybridized carbons (Fsp3) is 0.630. The molecule has 3 heterocycles. The number of furan rings is 1. The van der Waals surface area contributed by atoms with Gasteiger partial charge in [0.25, 0.3) is 0 Å². The van der Waals surface area contributed by atoms with E-state index in [0.29, 0.717) is 30.4 Å². The summed E-state index contributed by atoms with van der Waals surface area (Å²) in [5.74, 6) is -1.35. The van der Waals surface area contributed by atoms with Gasteiger partial charge in [0, 0.05) is 27.5 Å². The maximum Gasteiger partial charge on any atom is 0.334 e. The molecule has 0 aromatic carbocycles. The summed E-state index contributed by atoms with van der Waals surface area (Å²) in [5.41, 5.74) is -0.239. The standard InChI is InChI=1S/C27H34O11/c1-26-10-16(13-7-8-35-12-13)36-24(33)15(26)9-19(27(2)14(23(32)34-3)5-4-6-18(26)27)38-25-22(31)21(30)20(29)17(11-28)37-25/h5,7-9,12,16-22,25,28-31H,4,6,10-11H2,1-3H3/t16-,17-,18-,19-,20-,21+,22-,25+,26+,27-/m0/s1. The zero-order valence-corrected chi connectivity index (χ0v) is 21.5. The van der Waals surface area contributed by atoms with Crippen LogP contribution in [0, 0.1) is 16.7 Å². The normalized spacial score (nSPS) is 42.8. The molecule has 5 rings (SSSR count). The lowest BCUT2D eigenvalue weighted by molar-refractivity contribution is -0.317. The summed E-state index contributed by atoms with van der Waals surface area (Å²) < 4.78 is 28.0. The zero-order chi connectivity index (χ0) is 27.4. The van der Waals surface area contributed by atoms with Crippen molar-refractivity contribution in [3.63, 3.8) is 0 Å². The molecule has 0 bridgehead atoms. The van der Waals surface area contributed by atoms with Crippen LogP contribution < -0.4 is 0 Å². The number of esters is 2. The quantitative estimate of drug-likeness (QED) is 0.397. The summed E-state index contributed by atoms with van der Waals surface area (Å²) >= 11 is 0. The summed E-state index contributed by atoms with van der Waals surface area (Å²) in [4.78, 5) is 26.5. The minimum absolute atomic E-state index is 0.286. The average molecular weight is 535 g/mol. The Kier molecular flexibility index (Phi) is 7.04. The van der Waals surface area contributed by atoms with Crippen LogP contribution in [-0.4, -0.2) is 82.9 Å². The molecule has 11 heteroatoms. The number of hydrogen-bond acceptors (Lipinski definition) is 11. The number of fused-ring (bicyclic) bond motifs is 3. The Labute approximate surface area is 219 Å². The Morgan fingerprint density at radius 2 is 1.95 bits per heavy atom. The monoisotopic (exact) mass is 534 g/mol. The van der Waals surface area contributed by atoms with Gasteiger partial charge in [-0.1, -0.05) is 19.9 Å². The Hall–Kier alpha value is -2.54. The van der Waals surface area contributed by atoms with Gasteiger partial charge in [0.15, 0.2) is 6.29 Å². The first-order chi connectivity index (χ1) is 18.1. The smallest absolute Gasteiger partial charge is 0.334 e. The Morgan fingerprint density at radius 1 is 1.18 bits per heavy atom. The summed E-state index contributed by atoms with van der Waals surface area (Å²) in [6, 6.07) is 1.75. The van der Waals surface area contributed by atoms with E-state index >= 15 is 0 Å². The molecule has 0 amide bonds. The predicted octanol–water partition coefficient (Wildman–Crippen LogP) is 0.915. The number of carbonyl (C=O) groups is 2. The number of allylic oxidation sites excluding steroid dienone is 1. The number of carbonyl (C=O) groups excluding carboxylic acids is 2. The molecule has 38 heavy (non-hydrogen) atoms. The van der Waals surface area contributed by atoms with Crippen molar-refractivity contribution in [2.24, 2.45) is 16.7 Å². The minimum Gasteiger partial charge on any atom is -0.472 e. The molecule has 0 spiro atoms. The SMILES string of the molecule is COC(=O)C1=CCC[C@@H]2[C@@]1(C)[C@@H](O[C@H]1O[C@@H](CO)[C@H](O)[C@@H](O)[C@@H]1O)C=C1C(=O)O[C@H](c3ccoc3)C[C@]12C. The maximum atomic E-state index is 13.4. The first-order valence-electron chi connectivity index (χ1n) is 12.8. The highest BCUT2D eigenvalue weighted by atomic mass is 16.7. The third-order valence-corrected chi connectivity index (χ3v) is 8.93. The van der Waals surface area contributed by atoms with Gasteiger partial charge >= 0.3 is 11.9 Å². The molecule has 11 nitrogen and oxygen atoms in total. The van der Waals surface area contributed by atoms with Crippen molar-refractivity contribution < 1.29 is 53.4 Å². The van der Waals surface area contributed by atoms with Gasteiger partial charge in [-0.15, -0.1) is 0 Å². The van der Waals surface area contributed by atoms with Crippen LogP contribution in [0.2, 0.25) is 0 Å². The molecule has 0 unspecified atom stereocenters. The number of aliphatic hydroxyl groups is 4. The molecular weight excluding hydrogens is 500 g/mol. The number of rotatable bonds is 5. The van der Waals surface area contributed by atoms with Gasteiger partial charge in [0.1, 0.15) is 30.5 Å². The van der Waals surface area contributed by atoms with E-state index in [4.69, 9.17) is 23.4 Å². The van der Waals surface area contributed by atoms with Gasteiger partial charge in [0.2, 0.25) is 0 Å². The van der Waals surface area contributed by atoms with Crippen LogP contribution in [0.5, 0.6) is 0 Å². The van der Waals surface area contributed by atoms with E-state index in [1.165, 1.54) is 13.4 Å². The third-order valence-electron chi connectivity index (χ3n) is 8.93. The summed E-state index contributed by atoms with van der Waals surface area (Å²) in [6.07, 6.45) is -0.890. The number of hydrogen-bond donors (Lipinski definition) is 4. The Morgan fingerprint density at radius 3 is 2.61 bits per heavy atom. The fourth-order valence-electron chi connectivity index (χ4n) is 6.87. The zero-order valence-electron chi connectivity index (χ0n) is 21.5. The fourth-order valence-corrected chi connectivity index (χ4v) is 6.87. The molecule has 0 radical (unpaired) electrons. The van der Waals surface area contributed by atoms with Gasteiger partial charge in [-0.3, -0.25) is 0 Å². The highest BCUT2D eigenvalue weighted by molar-refractivity contribution is 5.94. The topological polar surface area (TPSA) is 165 Å². The van der Waals surface area contributed by atoms with Crippen molar-refractivity contribution in [2.75, 3.05) is 13.7 Å². The molecule has 0 saturated carbocycles. The number of cyclic esters (lactones) is 1. The van der Waals surface area contributed by atoms with Crippen LogP contribution in [0.1, 0.15) is 44.8 Å². The molecular formula is C27H34O11. The van der Waals surface area contributed by atoms with E-state index in [9.17, 15) is 30.0 Å². The second kappa shape index (κ2) is 9.89. The Balaban J connectivity index is 1.59. The molecule has 4 N–H and O–H groups in total. The van der Waals surface area contributed by atoms with Gasteiger partial charge in [0.05, 0.1) is 32.3 Å². The summed E-state index contributed by atoms with van der Waals surface area (Å²) in [6.45, 7) is 3.22. The number of ether oxygens (including phenoxy) is 4. The average Bonchev–Trinajstić information content (AvgIpc) is 3.44. The van der Waals surface area contributed by atoms with E-state index in [2.05, 4.69) is 0 Å². The van der Waals surface area contributed by atoms with Crippen molar-refractivity contribution in [2.45, 2.75) is 76.0 Å².